The second kappa shape index (κ2) is 7.78. The molecule has 0 saturated carbocycles. The highest BCUT2D eigenvalue weighted by atomic mass is 35.5. The van der Waals surface area contributed by atoms with Crippen LogP contribution in [0.2, 0.25) is 0 Å². The normalized spacial score (nSPS) is 26.3. The van der Waals surface area contributed by atoms with E-state index in [0.29, 0.717) is 31.5 Å². The molecule has 1 atom stereocenters. The Balaban J connectivity index is 0.00000180. The second-order valence-electron chi connectivity index (χ2n) is 5.63. The standard InChI is InChI=1S/C12H25N3O2S.ClH/c1-11-4-8-15(9-5-11)18(16,17)14-7-3-12-2-6-13-10-12;/h11-14H,2-10H2,1H3;1H. The Morgan fingerprint density at radius 1 is 1.26 bits per heavy atom. The molecule has 0 aromatic rings. The molecule has 0 aromatic heterocycles. The minimum absolute atomic E-state index is 0. The first-order valence-corrected chi connectivity index (χ1v) is 8.47. The van der Waals surface area contributed by atoms with Gasteiger partial charge >= 0.3 is 0 Å². The molecule has 114 valence electrons. The van der Waals surface area contributed by atoms with Crippen LogP contribution in [0.25, 0.3) is 0 Å². The van der Waals surface area contributed by atoms with Crippen LogP contribution in [0, 0.1) is 11.8 Å². The Bertz CT molecular complexity index is 350. The number of rotatable bonds is 5. The maximum Gasteiger partial charge on any atom is 0.279 e. The van der Waals surface area contributed by atoms with Crippen molar-refractivity contribution in [3.63, 3.8) is 0 Å². The summed E-state index contributed by atoms with van der Waals surface area (Å²) in [4.78, 5) is 0. The van der Waals surface area contributed by atoms with Crippen molar-refractivity contribution in [1.29, 1.82) is 0 Å². The third-order valence-corrected chi connectivity index (χ3v) is 5.70. The fraction of sp³-hybridized carbons (Fsp3) is 1.00. The molecule has 1 unspecified atom stereocenters. The zero-order valence-electron chi connectivity index (χ0n) is 11.6. The van der Waals surface area contributed by atoms with E-state index >= 15 is 0 Å². The smallest absolute Gasteiger partial charge is 0.279 e. The van der Waals surface area contributed by atoms with Crippen LogP contribution >= 0.6 is 12.4 Å². The van der Waals surface area contributed by atoms with E-state index in [1.54, 1.807) is 4.31 Å². The zero-order chi connectivity index (χ0) is 13.0. The highest BCUT2D eigenvalue weighted by Crippen LogP contribution is 2.18. The minimum atomic E-state index is -3.24. The van der Waals surface area contributed by atoms with Crippen LogP contribution in [0.5, 0.6) is 0 Å². The highest BCUT2D eigenvalue weighted by Gasteiger charge is 2.26. The topological polar surface area (TPSA) is 61.4 Å². The molecule has 2 fully saturated rings. The molecule has 2 aliphatic rings. The van der Waals surface area contributed by atoms with Gasteiger partial charge in [-0.05, 0) is 50.6 Å². The first kappa shape index (κ1) is 17.2. The van der Waals surface area contributed by atoms with Crippen molar-refractivity contribution in [3.8, 4) is 0 Å². The molecule has 0 bridgehead atoms. The Hall–Kier alpha value is 0.120. The summed E-state index contributed by atoms with van der Waals surface area (Å²) in [7, 11) is -3.24. The van der Waals surface area contributed by atoms with Gasteiger partial charge in [-0.2, -0.15) is 12.7 Å². The van der Waals surface area contributed by atoms with E-state index in [4.69, 9.17) is 0 Å². The zero-order valence-corrected chi connectivity index (χ0v) is 13.2. The summed E-state index contributed by atoms with van der Waals surface area (Å²) in [5.74, 6) is 1.29. The Labute approximate surface area is 123 Å². The van der Waals surface area contributed by atoms with E-state index in [1.807, 2.05) is 0 Å². The van der Waals surface area contributed by atoms with E-state index in [9.17, 15) is 8.42 Å². The summed E-state index contributed by atoms with van der Waals surface area (Å²) in [5.41, 5.74) is 0. The molecular formula is C12H26ClN3O2S. The van der Waals surface area contributed by atoms with Gasteiger partial charge in [0.2, 0.25) is 0 Å². The molecule has 2 saturated heterocycles. The predicted octanol–water partition coefficient (Wildman–Crippen LogP) is 0.974. The van der Waals surface area contributed by atoms with Crippen molar-refractivity contribution < 1.29 is 8.42 Å². The van der Waals surface area contributed by atoms with E-state index in [1.165, 1.54) is 6.42 Å². The van der Waals surface area contributed by atoms with E-state index in [0.717, 1.165) is 32.4 Å². The van der Waals surface area contributed by atoms with Crippen molar-refractivity contribution in [1.82, 2.24) is 14.3 Å². The molecule has 2 aliphatic heterocycles. The molecule has 7 heteroatoms. The number of piperidine rings is 1. The van der Waals surface area contributed by atoms with Crippen molar-refractivity contribution in [2.24, 2.45) is 11.8 Å². The summed E-state index contributed by atoms with van der Waals surface area (Å²) in [6.07, 6.45) is 4.07. The Morgan fingerprint density at radius 2 is 1.95 bits per heavy atom. The Kier molecular flexibility index (Phi) is 7.04. The van der Waals surface area contributed by atoms with Gasteiger partial charge in [-0.25, -0.2) is 4.72 Å². The van der Waals surface area contributed by atoms with Gasteiger partial charge in [0.15, 0.2) is 0 Å². The molecule has 2 heterocycles. The molecular weight excluding hydrogens is 286 g/mol. The monoisotopic (exact) mass is 311 g/mol. The predicted molar refractivity (Wildman–Crippen MR) is 79.7 cm³/mol. The van der Waals surface area contributed by atoms with E-state index in [2.05, 4.69) is 17.0 Å². The summed E-state index contributed by atoms with van der Waals surface area (Å²) >= 11 is 0. The van der Waals surface area contributed by atoms with E-state index in [-0.39, 0.29) is 12.4 Å². The van der Waals surface area contributed by atoms with Crippen LogP contribution in [0.15, 0.2) is 0 Å². The van der Waals surface area contributed by atoms with Crippen molar-refractivity contribution >= 4 is 22.6 Å². The second-order valence-corrected chi connectivity index (χ2v) is 7.38. The van der Waals surface area contributed by atoms with Gasteiger partial charge in [0.05, 0.1) is 0 Å². The third kappa shape index (κ3) is 5.19. The van der Waals surface area contributed by atoms with Crippen LogP contribution in [0.1, 0.15) is 32.6 Å². The van der Waals surface area contributed by atoms with Crippen molar-refractivity contribution in [3.05, 3.63) is 0 Å². The lowest BCUT2D eigenvalue weighted by molar-refractivity contribution is 0.284. The summed E-state index contributed by atoms with van der Waals surface area (Å²) in [6, 6.07) is 0. The van der Waals surface area contributed by atoms with Crippen LogP contribution in [-0.4, -0.2) is 45.4 Å². The molecule has 5 nitrogen and oxygen atoms in total. The lowest BCUT2D eigenvalue weighted by atomic mass is 10.0. The van der Waals surface area contributed by atoms with Crippen LogP contribution in [-0.2, 0) is 10.2 Å². The van der Waals surface area contributed by atoms with Crippen molar-refractivity contribution in [2.45, 2.75) is 32.6 Å². The van der Waals surface area contributed by atoms with E-state index < -0.39 is 10.2 Å². The minimum Gasteiger partial charge on any atom is -0.316 e. The largest absolute Gasteiger partial charge is 0.316 e. The fourth-order valence-corrected chi connectivity index (χ4v) is 3.92. The van der Waals surface area contributed by atoms with Gasteiger partial charge in [0.1, 0.15) is 0 Å². The lowest BCUT2D eigenvalue weighted by Crippen LogP contribution is -2.45. The number of hydrogen-bond acceptors (Lipinski definition) is 3. The maximum absolute atomic E-state index is 12.1. The average molecular weight is 312 g/mol. The summed E-state index contributed by atoms with van der Waals surface area (Å²) in [6.45, 7) is 6.19. The molecule has 19 heavy (non-hydrogen) atoms. The van der Waals surface area contributed by atoms with Crippen LogP contribution in [0.4, 0.5) is 0 Å². The first-order valence-electron chi connectivity index (χ1n) is 7.03. The Morgan fingerprint density at radius 3 is 2.53 bits per heavy atom. The molecule has 2 rings (SSSR count). The van der Waals surface area contributed by atoms with Crippen LogP contribution in [0.3, 0.4) is 0 Å². The van der Waals surface area contributed by atoms with Crippen LogP contribution < -0.4 is 10.0 Å². The number of halogens is 1. The molecule has 0 radical (unpaired) electrons. The molecule has 0 aliphatic carbocycles. The summed E-state index contributed by atoms with van der Waals surface area (Å²) < 4.78 is 28.5. The number of nitrogens with zero attached hydrogens (tertiary/aromatic N) is 1. The summed E-state index contributed by atoms with van der Waals surface area (Å²) in [5, 5.41) is 3.30. The molecule has 0 amide bonds. The number of nitrogens with one attached hydrogen (secondary N) is 2. The average Bonchev–Trinajstić information content (AvgIpc) is 2.82. The third-order valence-electron chi connectivity index (χ3n) is 4.08. The molecule has 0 spiro atoms. The first-order chi connectivity index (χ1) is 8.58. The molecule has 0 aromatic carbocycles. The van der Waals surface area contributed by atoms with Gasteiger partial charge < -0.3 is 5.32 Å². The van der Waals surface area contributed by atoms with Gasteiger partial charge in [-0.1, -0.05) is 6.92 Å². The molecule has 2 N–H and O–H groups in total. The highest BCUT2D eigenvalue weighted by molar-refractivity contribution is 7.87. The lowest BCUT2D eigenvalue weighted by Gasteiger charge is -2.29. The number of hydrogen-bond donors (Lipinski definition) is 2. The van der Waals surface area contributed by atoms with Crippen molar-refractivity contribution in [2.75, 3.05) is 32.7 Å². The quantitative estimate of drug-likeness (QED) is 0.795. The van der Waals surface area contributed by atoms with Gasteiger partial charge in [-0.3, -0.25) is 0 Å². The van der Waals surface area contributed by atoms with Gasteiger partial charge in [0.25, 0.3) is 10.2 Å². The fourth-order valence-electron chi connectivity index (χ4n) is 2.67. The maximum atomic E-state index is 12.1. The SMILES string of the molecule is CC1CCN(S(=O)(=O)NCCC2CCNC2)CC1.Cl. The van der Waals surface area contributed by atoms with Gasteiger partial charge in [-0.15, -0.1) is 12.4 Å². The van der Waals surface area contributed by atoms with Gasteiger partial charge in [0, 0.05) is 19.6 Å².